The van der Waals surface area contributed by atoms with E-state index in [2.05, 4.69) is 4.98 Å². The van der Waals surface area contributed by atoms with E-state index in [-0.39, 0.29) is 12.0 Å². The maximum Gasteiger partial charge on any atom is 0.410 e. The van der Waals surface area contributed by atoms with Crippen molar-refractivity contribution in [2.75, 3.05) is 26.7 Å². The second kappa shape index (κ2) is 9.53. The van der Waals surface area contributed by atoms with Gasteiger partial charge in [0.1, 0.15) is 5.60 Å². The average Bonchev–Trinajstić information content (AvgIpc) is 2.64. The highest BCUT2D eigenvalue weighted by Gasteiger charge is 2.26. The van der Waals surface area contributed by atoms with Crippen molar-refractivity contribution in [2.24, 2.45) is 5.92 Å². The summed E-state index contributed by atoms with van der Waals surface area (Å²) >= 11 is 0. The molecule has 2 rings (SSSR count). The molecule has 1 aromatic rings. The first-order valence-corrected chi connectivity index (χ1v) is 9.56. The predicted octanol–water partition coefficient (Wildman–Crippen LogP) is 3.59. The second-order valence-electron chi connectivity index (χ2n) is 8.07. The number of ether oxygens (including phenoxy) is 1. The zero-order valence-electron chi connectivity index (χ0n) is 16.9. The van der Waals surface area contributed by atoms with Gasteiger partial charge in [0.15, 0.2) is 0 Å². The Labute approximate surface area is 162 Å². The minimum atomic E-state index is -0.458. The maximum atomic E-state index is 12.2. The zero-order valence-corrected chi connectivity index (χ0v) is 16.9. The molecule has 6 nitrogen and oxygen atoms in total. The van der Waals surface area contributed by atoms with Crippen LogP contribution in [0.3, 0.4) is 0 Å². The fourth-order valence-electron chi connectivity index (χ4n) is 2.99. The molecule has 6 heteroatoms. The van der Waals surface area contributed by atoms with Crippen LogP contribution in [0.2, 0.25) is 0 Å². The molecule has 0 atom stereocenters. The summed E-state index contributed by atoms with van der Waals surface area (Å²) in [5.41, 5.74) is 0.502. The third-order valence-corrected chi connectivity index (χ3v) is 4.64. The maximum absolute atomic E-state index is 12.2. The summed E-state index contributed by atoms with van der Waals surface area (Å²) in [5, 5.41) is 0. The zero-order chi connectivity index (χ0) is 19.9. The lowest BCUT2D eigenvalue weighted by atomic mass is 9.93. The lowest BCUT2D eigenvalue weighted by molar-refractivity contribution is -0.124. The molecule has 0 N–H and O–H groups in total. The molecule has 148 valence electrons. The molecule has 1 aliphatic rings. The van der Waals surface area contributed by atoms with Crippen LogP contribution in [0.1, 0.15) is 45.6 Å². The van der Waals surface area contributed by atoms with Crippen molar-refractivity contribution in [3.63, 3.8) is 0 Å². The normalized spacial score (nSPS) is 15.8. The molecular formula is C21H31N3O3. The molecule has 2 amide bonds. The molecule has 0 unspecified atom stereocenters. The molecule has 1 aromatic heterocycles. The standard InChI is InChI=1S/C21H31N3O3/c1-21(2,3)27-20(26)24-15-10-18(11-16-24)9-14-23(4)19(25)6-5-17-7-12-22-13-8-17/h5-8,12-13,18H,9-11,14-16H2,1-4H3/b6-5+. The second-order valence-corrected chi connectivity index (χ2v) is 8.07. The summed E-state index contributed by atoms with van der Waals surface area (Å²) in [6.07, 6.45) is 9.44. The SMILES string of the molecule is CN(CCC1CCN(C(=O)OC(C)(C)C)CC1)C(=O)/C=C/c1ccncc1. The molecule has 0 aliphatic carbocycles. The van der Waals surface area contributed by atoms with Crippen molar-refractivity contribution >= 4 is 18.1 Å². The lowest BCUT2D eigenvalue weighted by Gasteiger charge is -2.34. The number of pyridine rings is 1. The van der Waals surface area contributed by atoms with Gasteiger partial charge in [-0.05, 0) is 69.7 Å². The number of likely N-dealkylation sites (N-methyl/N-ethyl adjacent to an activating group) is 1. The Bertz CT molecular complexity index is 644. The summed E-state index contributed by atoms with van der Waals surface area (Å²) in [6.45, 7) is 7.81. The number of amides is 2. The van der Waals surface area contributed by atoms with Crippen LogP contribution < -0.4 is 0 Å². The van der Waals surface area contributed by atoms with E-state index in [4.69, 9.17) is 4.74 Å². The van der Waals surface area contributed by atoms with Crippen LogP contribution in [0.4, 0.5) is 4.79 Å². The number of hydrogen-bond acceptors (Lipinski definition) is 4. The van der Waals surface area contributed by atoms with Crippen molar-refractivity contribution in [3.05, 3.63) is 36.2 Å². The number of aromatic nitrogens is 1. The molecule has 2 heterocycles. The fourth-order valence-corrected chi connectivity index (χ4v) is 2.99. The van der Waals surface area contributed by atoms with Crippen LogP contribution in [0.5, 0.6) is 0 Å². The molecule has 0 spiro atoms. The number of carbonyl (C=O) groups is 2. The lowest BCUT2D eigenvalue weighted by Crippen LogP contribution is -2.42. The fraction of sp³-hybridized carbons (Fsp3) is 0.571. The van der Waals surface area contributed by atoms with E-state index in [1.807, 2.05) is 40.0 Å². The van der Waals surface area contributed by atoms with Crippen LogP contribution in [0, 0.1) is 5.92 Å². The average molecular weight is 373 g/mol. The third kappa shape index (κ3) is 7.41. The quantitative estimate of drug-likeness (QED) is 0.740. The summed E-state index contributed by atoms with van der Waals surface area (Å²) in [6, 6.07) is 3.73. The highest BCUT2D eigenvalue weighted by atomic mass is 16.6. The van der Waals surface area contributed by atoms with Gasteiger partial charge in [0.25, 0.3) is 0 Å². The number of rotatable bonds is 5. The first kappa shape index (κ1) is 20.9. The molecule has 1 fully saturated rings. The van der Waals surface area contributed by atoms with E-state index in [9.17, 15) is 9.59 Å². The van der Waals surface area contributed by atoms with Gasteiger partial charge in [-0.15, -0.1) is 0 Å². The van der Waals surface area contributed by atoms with Crippen molar-refractivity contribution < 1.29 is 14.3 Å². The number of nitrogens with zero attached hydrogens (tertiary/aromatic N) is 3. The van der Waals surface area contributed by atoms with Gasteiger partial charge in [-0.1, -0.05) is 0 Å². The van der Waals surface area contributed by atoms with Crippen molar-refractivity contribution in [3.8, 4) is 0 Å². The summed E-state index contributed by atoms with van der Waals surface area (Å²) in [5.74, 6) is 0.529. The number of carbonyl (C=O) groups excluding carboxylic acids is 2. The van der Waals surface area contributed by atoms with Gasteiger partial charge in [-0.3, -0.25) is 9.78 Å². The van der Waals surface area contributed by atoms with E-state index in [0.717, 1.165) is 44.5 Å². The highest BCUT2D eigenvalue weighted by molar-refractivity contribution is 5.91. The van der Waals surface area contributed by atoms with Crippen molar-refractivity contribution in [1.82, 2.24) is 14.8 Å². The van der Waals surface area contributed by atoms with Crippen LogP contribution in [-0.2, 0) is 9.53 Å². The largest absolute Gasteiger partial charge is 0.444 e. The molecule has 1 saturated heterocycles. The minimum Gasteiger partial charge on any atom is -0.444 e. The minimum absolute atomic E-state index is 0.00185. The van der Waals surface area contributed by atoms with E-state index in [1.54, 1.807) is 34.3 Å². The van der Waals surface area contributed by atoms with Gasteiger partial charge in [-0.25, -0.2) is 4.79 Å². The topological polar surface area (TPSA) is 62.7 Å². The summed E-state index contributed by atoms with van der Waals surface area (Å²) in [7, 11) is 1.83. The van der Waals surface area contributed by atoms with Gasteiger partial charge >= 0.3 is 6.09 Å². The van der Waals surface area contributed by atoms with Crippen molar-refractivity contribution in [2.45, 2.75) is 45.6 Å². The molecule has 0 radical (unpaired) electrons. The smallest absolute Gasteiger partial charge is 0.410 e. The molecule has 1 aliphatic heterocycles. The summed E-state index contributed by atoms with van der Waals surface area (Å²) < 4.78 is 5.43. The van der Waals surface area contributed by atoms with Crippen LogP contribution in [0.25, 0.3) is 6.08 Å². The molecule has 0 aromatic carbocycles. The molecule has 27 heavy (non-hydrogen) atoms. The third-order valence-electron chi connectivity index (χ3n) is 4.64. The van der Waals surface area contributed by atoms with Crippen LogP contribution in [0.15, 0.2) is 30.6 Å². The van der Waals surface area contributed by atoms with Gasteiger partial charge in [0.05, 0.1) is 0 Å². The number of piperidine rings is 1. The first-order valence-electron chi connectivity index (χ1n) is 9.56. The first-order chi connectivity index (χ1) is 12.7. The predicted molar refractivity (Wildman–Crippen MR) is 106 cm³/mol. The Hall–Kier alpha value is -2.37. The van der Waals surface area contributed by atoms with E-state index in [0.29, 0.717) is 5.92 Å². The van der Waals surface area contributed by atoms with Gasteiger partial charge in [-0.2, -0.15) is 0 Å². The van der Waals surface area contributed by atoms with Gasteiger partial charge in [0, 0.05) is 45.2 Å². The van der Waals surface area contributed by atoms with Gasteiger partial charge < -0.3 is 14.5 Å². The Morgan fingerprint density at radius 3 is 2.48 bits per heavy atom. The highest BCUT2D eigenvalue weighted by Crippen LogP contribution is 2.22. The van der Waals surface area contributed by atoms with Gasteiger partial charge in [0.2, 0.25) is 5.91 Å². The van der Waals surface area contributed by atoms with Crippen LogP contribution >= 0.6 is 0 Å². The molecule has 0 bridgehead atoms. The number of likely N-dealkylation sites (tertiary alicyclic amines) is 1. The monoisotopic (exact) mass is 373 g/mol. The Morgan fingerprint density at radius 2 is 1.89 bits per heavy atom. The Balaban J connectivity index is 1.70. The van der Waals surface area contributed by atoms with E-state index >= 15 is 0 Å². The molecule has 0 saturated carbocycles. The van der Waals surface area contributed by atoms with Crippen molar-refractivity contribution in [1.29, 1.82) is 0 Å². The number of hydrogen-bond donors (Lipinski definition) is 0. The van der Waals surface area contributed by atoms with E-state index in [1.165, 1.54) is 0 Å². The summed E-state index contributed by atoms with van der Waals surface area (Å²) in [4.78, 5) is 31.8. The Morgan fingerprint density at radius 1 is 1.26 bits per heavy atom. The Kier molecular flexibility index (Phi) is 7.39. The van der Waals surface area contributed by atoms with Crippen LogP contribution in [-0.4, -0.2) is 59.1 Å². The molecular weight excluding hydrogens is 342 g/mol. The van der Waals surface area contributed by atoms with E-state index < -0.39 is 5.60 Å².